The first-order chi connectivity index (χ1) is 11.9. The molecule has 0 spiro atoms. The minimum Gasteiger partial charge on any atom is -0.454 e. The Bertz CT molecular complexity index is 680. The maximum absolute atomic E-state index is 12.6. The van der Waals surface area contributed by atoms with Crippen molar-refractivity contribution in [3.8, 4) is 11.5 Å². The van der Waals surface area contributed by atoms with E-state index >= 15 is 0 Å². The lowest BCUT2D eigenvalue weighted by atomic mass is 9.93. The zero-order chi connectivity index (χ0) is 18.0. The zero-order valence-electron chi connectivity index (χ0n) is 15.6. The second-order valence-electron chi connectivity index (χ2n) is 7.63. The van der Waals surface area contributed by atoms with Gasteiger partial charge in [-0.3, -0.25) is 9.69 Å². The molecule has 0 saturated heterocycles. The summed E-state index contributed by atoms with van der Waals surface area (Å²) >= 11 is 0. The molecule has 2 aliphatic heterocycles. The molecule has 3 rings (SSSR count). The Morgan fingerprint density at radius 2 is 2.12 bits per heavy atom. The molecule has 136 valence electrons. The van der Waals surface area contributed by atoms with Crippen molar-refractivity contribution in [2.75, 3.05) is 26.4 Å². The molecular weight excluding hydrogens is 316 g/mol. The van der Waals surface area contributed by atoms with Crippen LogP contribution in [0.2, 0.25) is 0 Å². The summed E-state index contributed by atoms with van der Waals surface area (Å²) in [6.45, 7) is 10.8. The van der Waals surface area contributed by atoms with Crippen LogP contribution in [-0.4, -0.2) is 42.8 Å². The van der Waals surface area contributed by atoms with Crippen LogP contribution in [0.25, 0.3) is 5.57 Å². The lowest BCUT2D eigenvalue weighted by Gasteiger charge is -2.39. The van der Waals surface area contributed by atoms with E-state index in [1.807, 2.05) is 26.0 Å². The summed E-state index contributed by atoms with van der Waals surface area (Å²) in [7, 11) is 0. The van der Waals surface area contributed by atoms with Gasteiger partial charge >= 0.3 is 0 Å². The van der Waals surface area contributed by atoms with E-state index in [2.05, 4.69) is 36.2 Å². The summed E-state index contributed by atoms with van der Waals surface area (Å²) in [5.74, 6) is 2.20. The van der Waals surface area contributed by atoms with Crippen LogP contribution in [0.15, 0.2) is 24.3 Å². The molecular formula is C20H28N2O3. The molecule has 1 N–H and O–H groups in total. The van der Waals surface area contributed by atoms with Crippen molar-refractivity contribution in [2.24, 2.45) is 5.92 Å². The molecule has 5 nitrogen and oxygen atoms in total. The number of amides is 1. The lowest BCUT2D eigenvalue weighted by molar-refractivity contribution is -0.131. The second kappa shape index (κ2) is 7.08. The van der Waals surface area contributed by atoms with Gasteiger partial charge in [-0.15, -0.1) is 0 Å². The highest BCUT2D eigenvalue weighted by atomic mass is 16.7. The summed E-state index contributed by atoms with van der Waals surface area (Å²) in [5.41, 5.74) is 1.85. The Morgan fingerprint density at radius 3 is 2.80 bits per heavy atom. The third-order valence-corrected chi connectivity index (χ3v) is 4.97. The number of rotatable bonds is 5. The number of carbonyl (C=O) groups excluding carboxylic acids is 1. The maximum Gasteiger partial charge on any atom is 0.239 e. The highest BCUT2D eigenvalue weighted by Crippen LogP contribution is 2.40. The van der Waals surface area contributed by atoms with Crippen LogP contribution in [0.5, 0.6) is 11.5 Å². The molecule has 1 aromatic carbocycles. The largest absolute Gasteiger partial charge is 0.454 e. The van der Waals surface area contributed by atoms with Gasteiger partial charge in [0, 0.05) is 25.2 Å². The van der Waals surface area contributed by atoms with Crippen LogP contribution in [-0.2, 0) is 4.79 Å². The van der Waals surface area contributed by atoms with Crippen molar-refractivity contribution in [2.45, 2.75) is 39.7 Å². The Morgan fingerprint density at radius 1 is 1.32 bits per heavy atom. The van der Waals surface area contributed by atoms with Gasteiger partial charge in [0.05, 0.1) is 5.54 Å². The first kappa shape index (κ1) is 17.8. The molecule has 2 aliphatic rings. The van der Waals surface area contributed by atoms with Crippen molar-refractivity contribution in [1.82, 2.24) is 10.2 Å². The molecule has 1 aromatic rings. The van der Waals surface area contributed by atoms with E-state index < -0.39 is 5.54 Å². The average molecular weight is 344 g/mol. The topological polar surface area (TPSA) is 50.8 Å². The van der Waals surface area contributed by atoms with Gasteiger partial charge in [0.25, 0.3) is 0 Å². The minimum absolute atomic E-state index is 0.0930. The van der Waals surface area contributed by atoms with Gasteiger partial charge < -0.3 is 14.8 Å². The Labute approximate surface area is 150 Å². The highest BCUT2D eigenvalue weighted by Gasteiger charge is 2.35. The van der Waals surface area contributed by atoms with E-state index in [1.54, 1.807) is 0 Å². The first-order valence-electron chi connectivity index (χ1n) is 9.01. The number of carbonyl (C=O) groups is 1. The molecule has 0 radical (unpaired) electrons. The van der Waals surface area contributed by atoms with E-state index in [4.69, 9.17) is 9.47 Å². The second-order valence-corrected chi connectivity index (χ2v) is 7.63. The van der Waals surface area contributed by atoms with Crippen molar-refractivity contribution >= 4 is 11.5 Å². The molecule has 0 aliphatic carbocycles. The van der Waals surface area contributed by atoms with Gasteiger partial charge in [0.15, 0.2) is 11.5 Å². The van der Waals surface area contributed by atoms with Gasteiger partial charge in [0.1, 0.15) is 0 Å². The molecule has 5 heteroatoms. The number of ether oxygens (including phenoxy) is 2. The number of nitrogens with one attached hydrogen (secondary N) is 1. The number of para-hydroxylation sites is 1. The van der Waals surface area contributed by atoms with Crippen LogP contribution in [0.3, 0.4) is 0 Å². The number of nitrogens with zero attached hydrogens (tertiary/aromatic N) is 1. The van der Waals surface area contributed by atoms with E-state index in [-0.39, 0.29) is 12.7 Å². The highest BCUT2D eigenvalue weighted by molar-refractivity contribution is 5.85. The van der Waals surface area contributed by atoms with Crippen molar-refractivity contribution < 1.29 is 14.3 Å². The van der Waals surface area contributed by atoms with Crippen LogP contribution in [0.1, 0.15) is 39.7 Å². The van der Waals surface area contributed by atoms with Gasteiger partial charge in [-0.1, -0.05) is 32.1 Å². The Hall–Kier alpha value is -2.01. The molecule has 0 atom stereocenters. The van der Waals surface area contributed by atoms with E-state index in [0.717, 1.165) is 36.6 Å². The Kier molecular flexibility index (Phi) is 5.04. The van der Waals surface area contributed by atoms with Crippen LogP contribution in [0.4, 0.5) is 0 Å². The smallest absolute Gasteiger partial charge is 0.239 e. The zero-order valence-corrected chi connectivity index (χ0v) is 15.6. The predicted octanol–water partition coefficient (Wildman–Crippen LogP) is 3.06. The molecule has 0 bridgehead atoms. The standard InChI is InChI=1S/C20H28N2O3/c1-14(2)12-21-19(23)20(3,4)22-10-8-15(9-11-22)16-6-5-7-17-18(16)25-13-24-17/h5-8,14H,9-13H2,1-4H3,(H,21,23). The number of hydrogen-bond donors (Lipinski definition) is 1. The first-order valence-corrected chi connectivity index (χ1v) is 9.01. The normalized spacial score (nSPS) is 17.6. The van der Waals surface area contributed by atoms with E-state index in [0.29, 0.717) is 12.5 Å². The fourth-order valence-electron chi connectivity index (χ4n) is 3.26. The summed E-state index contributed by atoms with van der Waals surface area (Å²) in [6.07, 6.45) is 3.10. The molecule has 2 heterocycles. The quantitative estimate of drug-likeness (QED) is 0.892. The fourth-order valence-corrected chi connectivity index (χ4v) is 3.26. The van der Waals surface area contributed by atoms with Crippen molar-refractivity contribution in [1.29, 1.82) is 0 Å². The SMILES string of the molecule is CC(C)CNC(=O)C(C)(C)N1CC=C(c2cccc3c2OCO3)CC1. The summed E-state index contributed by atoms with van der Waals surface area (Å²) < 4.78 is 11.1. The van der Waals surface area contributed by atoms with Crippen LogP contribution >= 0.6 is 0 Å². The number of benzene rings is 1. The van der Waals surface area contributed by atoms with Crippen LogP contribution < -0.4 is 14.8 Å². The molecule has 0 fully saturated rings. The number of hydrogen-bond acceptors (Lipinski definition) is 4. The number of fused-ring (bicyclic) bond motifs is 1. The predicted molar refractivity (Wildman–Crippen MR) is 98.7 cm³/mol. The Balaban J connectivity index is 1.70. The van der Waals surface area contributed by atoms with Crippen molar-refractivity contribution in [3.63, 3.8) is 0 Å². The maximum atomic E-state index is 12.6. The van der Waals surface area contributed by atoms with Crippen LogP contribution in [0, 0.1) is 5.92 Å². The fraction of sp³-hybridized carbons (Fsp3) is 0.550. The molecule has 0 saturated carbocycles. The van der Waals surface area contributed by atoms with Gasteiger partial charge in [-0.25, -0.2) is 0 Å². The van der Waals surface area contributed by atoms with Gasteiger partial charge in [0.2, 0.25) is 12.7 Å². The third kappa shape index (κ3) is 3.66. The summed E-state index contributed by atoms with van der Waals surface area (Å²) in [6, 6.07) is 6.01. The van der Waals surface area contributed by atoms with Gasteiger partial charge in [-0.05, 0) is 37.8 Å². The minimum atomic E-state index is -0.519. The van der Waals surface area contributed by atoms with Gasteiger partial charge in [-0.2, -0.15) is 0 Å². The lowest BCUT2D eigenvalue weighted by Crippen LogP contribution is -2.56. The van der Waals surface area contributed by atoms with E-state index in [9.17, 15) is 4.79 Å². The molecule has 1 amide bonds. The summed E-state index contributed by atoms with van der Waals surface area (Å²) in [5, 5.41) is 3.06. The van der Waals surface area contributed by atoms with Crippen molar-refractivity contribution in [3.05, 3.63) is 29.8 Å². The summed E-state index contributed by atoms with van der Waals surface area (Å²) in [4.78, 5) is 14.8. The molecule has 0 aromatic heterocycles. The third-order valence-electron chi connectivity index (χ3n) is 4.97. The molecule has 0 unspecified atom stereocenters. The van der Waals surface area contributed by atoms with E-state index in [1.165, 1.54) is 5.57 Å². The molecule has 25 heavy (non-hydrogen) atoms. The average Bonchev–Trinajstić information content (AvgIpc) is 3.08. The monoisotopic (exact) mass is 344 g/mol.